The van der Waals surface area contributed by atoms with E-state index in [1.54, 1.807) is 31.4 Å². The Morgan fingerprint density at radius 3 is 2.73 bits per heavy atom. The van der Waals surface area contributed by atoms with E-state index in [1.807, 2.05) is 25.1 Å². The van der Waals surface area contributed by atoms with Gasteiger partial charge in [0.05, 0.1) is 24.7 Å². The minimum atomic E-state index is -0.140. The fourth-order valence-electron chi connectivity index (χ4n) is 2.27. The summed E-state index contributed by atoms with van der Waals surface area (Å²) in [5.41, 5.74) is 3.64. The molecule has 1 aromatic heterocycles. The molecule has 3 rings (SSSR count). The number of hydrogen-bond donors (Lipinski definition) is 2. The number of aromatic amines is 1. The average Bonchev–Trinajstić information content (AvgIpc) is 2.94. The van der Waals surface area contributed by atoms with Gasteiger partial charge >= 0.3 is 0 Å². The number of ether oxygens (including phenoxy) is 1. The Bertz CT molecular complexity index is 806. The molecular formula is C17H17N3O2. The van der Waals surface area contributed by atoms with Gasteiger partial charge in [0.2, 0.25) is 0 Å². The number of amides is 1. The highest BCUT2D eigenvalue weighted by Crippen LogP contribution is 2.14. The maximum Gasteiger partial charge on any atom is 0.251 e. The largest absolute Gasteiger partial charge is 0.497 e. The molecule has 0 bridgehead atoms. The average molecular weight is 295 g/mol. The summed E-state index contributed by atoms with van der Waals surface area (Å²) in [6.45, 7) is 2.39. The molecule has 0 saturated carbocycles. The smallest absolute Gasteiger partial charge is 0.251 e. The van der Waals surface area contributed by atoms with Crippen molar-refractivity contribution < 1.29 is 9.53 Å². The quantitative estimate of drug-likeness (QED) is 0.777. The molecule has 0 unspecified atom stereocenters. The second-order valence-corrected chi connectivity index (χ2v) is 5.12. The maximum atomic E-state index is 12.1. The first-order valence-corrected chi connectivity index (χ1v) is 7.03. The van der Waals surface area contributed by atoms with E-state index in [9.17, 15) is 4.79 Å². The number of aromatic nitrogens is 2. The Kier molecular flexibility index (Phi) is 3.78. The van der Waals surface area contributed by atoms with Crippen LogP contribution in [-0.4, -0.2) is 23.0 Å². The van der Waals surface area contributed by atoms with Gasteiger partial charge in [0.15, 0.2) is 0 Å². The van der Waals surface area contributed by atoms with Gasteiger partial charge in [0.1, 0.15) is 11.6 Å². The first kappa shape index (κ1) is 14.1. The molecule has 0 saturated heterocycles. The van der Waals surface area contributed by atoms with Gasteiger partial charge < -0.3 is 15.0 Å². The van der Waals surface area contributed by atoms with Crippen LogP contribution in [0.5, 0.6) is 5.75 Å². The maximum absolute atomic E-state index is 12.1. The Labute approximate surface area is 128 Å². The van der Waals surface area contributed by atoms with Gasteiger partial charge in [-0.15, -0.1) is 0 Å². The molecule has 5 nitrogen and oxygen atoms in total. The molecule has 1 heterocycles. The molecule has 5 heteroatoms. The van der Waals surface area contributed by atoms with Gasteiger partial charge in [-0.3, -0.25) is 4.79 Å². The monoisotopic (exact) mass is 295 g/mol. The summed E-state index contributed by atoms with van der Waals surface area (Å²) in [5, 5.41) is 2.85. The van der Waals surface area contributed by atoms with Crippen LogP contribution in [0.3, 0.4) is 0 Å². The number of H-pyrrole nitrogens is 1. The zero-order chi connectivity index (χ0) is 15.5. The number of carbonyl (C=O) groups is 1. The summed E-state index contributed by atoms with van der Waals surface area (Å²) in [4.78, 5) is 19.8. The number of carbonyl (C=O) groups excluding carboxylic acids is 1. The van der Waals surface area contributed by atoms with Crippen LogP contribution in [0.2, 0.25) is 0 Å². The number of benzene rings is 2. The van der Waals surface area contributed by atoms with Crippen molar-refractivity contribution in [1.29, 1.82) is 0 Å². The molecule has 2 aromatic carbocycles. The molecular weight excluding hydrogens is 278 g/mol. The molecule has 0 atom stereocenters. The lowest BCUT2D eigenvalue weighted by Crippen LogP contribution is -2.23. The first-order valence-electron chi connectivity index (χ1n) is 7.03. The van der Waals surface area contributed by atoms with Crippen molar-refractivity contribution in [2.75, 3.05) is 7.11 Å². The van der Waals surface area contributed by atoms with E-state index in [2.05, 4.69) is 15.3 Å². The summed E-state index contributed by atoms with van der Waals surface area (Å²) < 4.78 is 5.07. The van der Waals surface area contributed by atoms with Crippen molar-refractivity contribution >= 4 is 16.9 Å². The molecule has 0 radical (unpaired) electrons. The van der Waals surface area contributed by atoms with Gasteiger partial charge in [0.25, 0.3) is 5.91 Å². The highest BCUT2D eigenvalue weighted by Gasteiger charge is 2.07. The second-order valence-electron chi connectivity index (χ2n) is 5.12. The molecule has 2 N–H and O–H groups in total. The summed E-state index contributed by atoms with van der Waals surface area (Å²) >= 11 is 0. The van der Waals surface area contributed by atoms with Crippen LogP contribution in [0.15, 0.2) is 42.5 Å². The van der Waals surface area contributed by atoms with Crippen molar-refractivity contribution in [3.63, 3.8) is 0 Å². The fraction of sp³-hybridized carbons (Fsp3) is 0.176. The second kappa shape index (κ2) is 5.89. The lowest BCUT2D eigenvalue weighted by molar-refractivity contribution is 0.0950. The first-order chi connectivity index (χ1) is 10.7. The zero-order valence-corrected chi connectivity index (χ0v) is 12.5. The van der Waals surface area contributed by atoms with Crippen molar-refractivity contribution in [3.05, 3.63) is 59.4 Å². The third-order valence-corrected chi connectivity index (χ3v) is 3.46. The Balaban J connectivity index is 1.68. The molecule has 1 amide bonds. The van der Waals surface area contributed by atoms with Crippen molar-refractivity contribution in [1.82, 2.24) is 15.3 Å². The Morgan fingerprint density at radius 1 is 1.23 bits per heavy atom. The van der Waals surface area contributed by atoms with E-state index >= 15 is 0 Å². The fourth-order valence-corrected chi connectivity index (χ4v) is 2.27. The third kappa shape index (κ3) is 2.93. The number of nitrogens with one attached hydrogen (secondary N) is 2. The molecule has 0 aliphatic rings. The van der Waals surface area contributed by atoms with E-state index in [0.717, 1.165) is 22.6 Å². The molecule has 0 aliphatic heterocycles. The van der Waals surface area contributed by atoms with E-state index in [1.165, 1.54) is 5.56 Å². The van der Waals surface area contributed by atoms with E-state index in [0.29, 0.717) is 12.1 Å². The van der Waals surface area contributed by atoms with Crippen molar-refractivity contribution in [3.8, 4) is 5.75 Å². The minimum absolute atomic E-state index is 0.140. The number of rotatable bonds is 4. The molecule has 112 valence electrons. The van der Waals surface area contributed by atoms with Crippen LogP contribution in [0.25, 0.3) is 11.0 Å². The van der Waals surface area contributed by atoms with Crippen molar-refractivity contribution in [2.45, 2.75) is 13.5 Å². The highest BCUT2D eigenvalue weighted by molar-refractivity contribution is 5.94. The normalized spacial score (nSPS) is 10.6. The SMILES string of the molecule is COc1ccc(C(=O)NCc2nc3ccc(C)cc3[nH]2)cc1. The van der Waals surface area contributed by atoms with Crippen LogP contribution in [0.4, 0.5) is 0 Å². The molecule has 3 aromatic rings. The Morgan fingerprint density at radius 2 is 2.00 bits per heavy atom. The topological polar surface area (TPSA) is 67.0 Å². The van der Waals surface area contributed by atoms with Gasteiger partial charge in [-0.1, -0.05) is 6.07 Å². The predicted molar refractivity (Wildman–Crippen MR) is 85.0 cm³/mol. The van der Waals surface area contributed by atoms with E-state index in [4.69, 9.17) is 4.74 Å². The van der Waals surface area contributed by atoms with Crippen LogP contribution in [-0.2, 0) is 6.54 Å². The minimum Gasteiger partial charge on any atom is -0.497 e. The highest BCUT2D eigenvalue weighted by atomic mass is 16.5. The lowest BCUT2D eigenvalue weighted by atomic mass is 10.2. The number of aryl methyl sites for hydroxylation is 1. The molecule has 0 aliphatic carbocycles. The van der Waals surface area contributed by atoms with Crippen LogP contribution in [0, 0.1) is 6.92 Å². The Hall–Kier alpha value is -2.82. The van der Waals surface area contributed by atoms with Gasteiger partial charge in [-0.2, -0.15) is 0 Å². The summed E-state index contributed by atoms with van der Waals surface area (Å²) in [5.74, 6) is 1.32. The summed E-state index contributed by atoms with van der Waals surface area (Å²) in [6, 6.07) is 13.0. The standard InChI is InChI=1S/C17H17N3O2/c1-11-3-8-14-15(9-11)20-16(19-14)10-18-17(21)12-4-6-13(22-2)7-5-12/h3-9H,10H2,1-2H3,(H,18,21)(H,19,20). The molecule has 22 heavy (non-hydrogen) atoms. The lowest BCUT2D eigenvalue weighted by Gasteiger charge is -2.04. The van der Waals surface area contributed by atoms with Gasteiger partial charge in [0, 0.05) is 5.56 Å². The predicted octanol–water partition coefficient (Wildman–Crippen LogP) is 2.81. The number of fused-ring (bicyclic) bond motifs is 1. The zero-order valence-electron chi connectivity index (χ0n) is 12.5. The number of methoxy groups -OCH3 is 1. The molecule has 0 fully saturated rings. The number of imidazole rings is 1. The van der Waals surface area contributed by atoms with Gasteiger partial charge in [-0.05, 0) is 48.9 Å². The summed E-state index contributed by atoms with van der Waals surface area (Å²) in [6.07, 6.45) is 0. The molecule has 0 spiro atoms. The summed E-state index contributed by atoms with van der Waals surface area (Å²) in [7, 11) is 1.60. The number of nitrogens with zero attached hydrogens (tertiary/aromatic N) is 1. The van der Waals surface area contributed by atoms with E-state index in [-0.39, 0.29) is 5.91 Å². The van der Waals surface area contributed by atoms with Crippen molar-refractivity contribution in [2.24, 2.45) is 0 Å². The van der Waals surface area contributed by atoms with Crippen LogP contribution < -0.4 is 10.1 Å². The van der Waals surface area contributed by atoms with Crippen LogP contribution >= 0.6 is 0 Å². The van der Waals surface area contributed by atoms with Gasteiger partial charge in [-0.25, -0.2) is 4.98 Å². The third-order valence-electron chi connectivity index (χ3n) is 3.46. The number of hydrogen-bond acceptors (Lipinski definition) is 3. The van der Waals surface area contributed by atoms with Crippen LogP contribution in [0.1, 0.15) is 21.7 Å². The van der Waals surface area contributed by atoms with E-state index < -0.39 is 0 Å².